The first kappa shape index (κ1) is 16.0. The zero-order valence-electron chi connectivity index (χ0n) is 13.1. The van der Waals surface area contributed by atoms with Gasteiger partial charge in [0.05, 0.1) is 0 Å². The average molecular weight is 297 g/mol. The smallest absolute Gasteiger partial charge is 0.187 e. The Balaban J connectivity index is 2.00. The van der Waals surface area contributed by atoms with Crippen molar-refractivity contribution in [2.45, 2.75) is 26.7 Å². The topological polar surface area (TPSA) is 29.1 Å². The van der Waals surface area contributed by atoms with Crippen LogP contribution in [0.2, 0.25) is 0 Å². The Morgan fingerprint density at radius 1 is 1.14 bits per heavy atom. The van der Waals surface area contributed by atoms with Crippen LogP contribution in [0.15, 0.2) is 54.7 Å². The van der Waals surface area contributed by atoms with Gasteiger partial charge in [-0.2, -0.15) is 0 Å². The first-order valence-corrected chi connectivity index (χ1v) is 7.31. The molecular weight excluding hydrogens is 277 g/mol. The Labute approximate surface area is 130 Å². The Hall–Kier alpha value is -2.42. The summed E-state index contributed by atoms with van der Waals surface area (Å²) in [6.07, 6.45) is 3.05. The maximum Gasteiger partial charge on any atom is 0.187 e. The van der Waals surface area contributed by atoms with E-state index in [9.17, 15) is 9.18 Å². The minimum Gasteiger partial charge on any atom is -0.362 e. The van der Waals surface area contributed by atoms with Gasteiger partial charge in [-0.1, -0.05) is 38.1 Å². The minimum atomic E-state index is -0.240. The van der Waals surface area contributed by atoms with Gasteiger partial charge in [0.2, 0.25) is 0 Å². The molecule has 0 heterocycles. The van der Waals surface area contributed by atoms with Crippen molar-refractivity contribution in [3.63, 3.8) is 0 Å². The molecule has 2 aromatic carbocycles. The molecule has 0 atom stereocenters. The van der Waals surface area contributed by atoms with E-state index in [-0.39, 0.29) is 11.6 Å². The number of hydrogen-bond donors (Lipinski definition) is 1. The first-order chi connectivity index (χ1) is 10.5. The lowest BCUT2D eigenvalue weighted by Gasteiger charge is -2.05. The average Bonchev–Trinajstić information content (AvgIpc) is 2.51. The normalized spacial score (nSPS) is 11.1. The van der Waals surface area contributed by atoms with Crippen LogP contribution in [0, 0.1) is 12.7 Å². The molecule has 114 valence electrons. The van der Waals surface area contributed by atoms with Crippen LogP contribution in [-0.4, -0.2) is 5.78 Å². The SMILES string of the molecule is Cc1cc(N/C=C/C(=O)c2ccc(C(C)C)cc2)ccc1F. The Morgan fingerprint density at radius 3 is 2.41 bits per heavy atom. The largest absolute Gasteiger partial charge is 0.362 e. The van der Waals surface area contributed by atoms with E-state index in [1.54, 1.807) is 25.3 Å². The standard InChI is InChI=1S/C19H20FNO/c1-13(2)15-4-6-16(7-5-15)19(22)10-11-21-17-8-9-18(20)14(3)12-17/h4-13,21H,1-3H3/b11-10+. The molecule has 0 fully saturated rings. The minimum absolute atomic E-state index is 0.0679. The molecule has 3 heteroatoms. The fraction of sp³-hybridized carbons (Fsp3) is 0.211. The monoisotopic (exact) mass is 297 g/mol. The van der Waals surface area contributed by atoms with Gasteiger partial charge >= 0.3 is 0 Å². The van der Waals surface area contributed by atoms with Gasteiger partial charge in [-0.25, -0.2) is 4.39 Å². The summed E-state index contributed by atoms with van der Waals surface area (Å²) < 4.78 is 13.2. The molecule has 0 unspecified atom stereocenters. The third-order valence-corrected chi connectivity index (χ3v) is 3.50. The highest BCUT2D eigenvalue weighted by Gasteiger charge is 2.03. The van der Waals surface area contributed by atoms with Crippen LogP contribution in [0.25, 0.3) is 0 Å². The Morgan fingerprint density at radius 2 is 1.82 bits per heavy atom. The second-order valence-corrected chi connectivity index (χ2v) is 5.58. The molecule has 22 heavy (non-hydrogen) atoms. The lowest BCUT2D eigenvalue weighted by atomic mass is 10.0. The fourth-order valence-electron chi connectivity index (χ4n) is 2.08. The molecule has 0 aliphatic heterocycles. The quantitative estimate of drug-likeness (QED) is 0.617. The predicted molar refractivity (Wildman–Crippen MR) is 88.8 cm³/mol. The van der Waals surface area contributed by atoms with Crippen molar-refractivity contribution in [1.82, 2.24) is 0 Å². The van der Waals surface area contributed by atoms with Crippen LogP contribution in [-0.2, 0) is 0 Å². The van der Waals surface area contributed by atoms with Gasteiger partial charge in [0.1, 0.15) is 5.82 Å². The van der Waals surface area contributed by atoms with Gasteiger partial charge < -0.3 is 5.32 Å². The number of carbonyl (C=O) groups excluding carboxylic acids is 1. The van der Waals surface area contributed by atoms with Gasteiger partial charge in [-0.05, 0) is 42.2 Å². The van der Waals surface area contributed by atoms with Crippen molar-refractivity contribution in [1.29, 1.82) is 0 Å². The van der Waals surface area contributed by atoms with E-state index < -0.39 is 0 Å². The molecule has 0 radical (unpaired) electrons. The summed E-state index contributed by atoms with van der Waals surface area (Å²) in [5, 5.41) is 2.97. The van der Waals surface area contributed by atoms with E-state index in [2.05, 4.69) is 19.2 Å². The third kappa shape index (κ3) is 4.04. The van der Waals surface area contributed by atoms with Crippen molar-refractivity contribution < 1.29 is 9.18 Å². The number of nitrogens with one attached hydrogen (secondary N) is 1. The van der Waals surface area contributed by atoms with E-state index in [4.69, 9.17) is 0 Å². The number of allylic oxidation sites excluding steroid dienone is 1. The molecule has 0 amide bonds. The summed E-state index contributed by atoms with van der Waals surface area (Å²) in [4.78, 5) is 12.1. The van der Waals surface area contributed by atoms with Crippen LogP contribution in [0.5, 0.6) is 0 Å². The number of ketones is 1. The molecular formula is C19H20FNO. The van der Waals surface area contributed by atoms with Gasteiger partial charge in [-0.15, -0.1) is 0 Å². The third-order valence-electron chi connectivity index (χ3n) is 3.50. The summed E-state index contributed by atoms with van der Waals surface area (Å²) in [6, 6.07) is 12.4. The summed E-state index contributed by atoms with van der Waals surface area (Å²) in [5.41, 5.74) is 3.17. The number of hydrogen-bond acceptors (Lipinski definition) is 2. The highest BCUT2D eigenvalue weighted by atomic mass is 19.1. The zero-order valence-corrected chi connectivity index (χ0v) is 13.1. The molecule has 0 aromatic heterocycles. The number of carbonyl (C=O) groups is 1. The van der Waals surface area contributed by atoms with Crippen molar-refractivity contribution in [3.05, 3.63) is 77.2 Å². The van der Waals surface area contributed by atoms with E-state index >= 15 is 0 Å². The Bertz CT molecular complexity index is 687. The van der Waals surface area contributed by atoms with Crippen molar-refractivity contribution in [3.8, 4) is 0 Å². The molecule has 0 bridgehead atoms. The van der Waals surface area contributed by atoms with Crippen LogP contribution < -0.4 is 5.32 Å². The molecule has 1 N–H and O–H groups in total. The summed E-state index contributed by atoms with van der Waals surface area (Å²) in [6.45, 7) is 5.93. The van der Waals surface area contributed by atoms with Crippen LogP contribution >= 0.6 is 0 Å². The first-order valence-electron chi connectivity index (χ1n) is 7.31. The molecule has 0 aliphatic rings. The number of rotatable bonds is 5. The van der Waals surface area contributed by atoms with E-state index in [1.165, 1.54) is 17.7 Å². The number of benzene rings is 2. The van der Waals surface area contributed by atoms with Gasteiger partial charge in [-0.3, -0.25) is 4.79 Å². The highest BCUT2D eigenvalue weighted by molar-refractivity contribution is 6.04. The van der Waals surface area contributed by atoms with Crippen LogP contribution in [0.1, 0.15) is 41.3 Å². The van der Waals surface area contributed by atoms with E-state index in [1.807, 2.05) is 24.3 Å². The molecule has 2 aromatic rings. The summed E-state index contributed by atoms with van der Waals surface area (Å²) in [7, 11) is 0. The maximum absolute atomic E-state index is 13.2. The molecule has 2 nitrogen and oxygen atoms in total. The summed E-state index contributed by atoms with van der Waals surface area (Å²) in [5.74, 6) is 0.139. The highest BCUT2D eigenvalue weighted by Crippen LogP contribution is 2.16. The molecule has 0 saturated carbocycles. The van der Waals surface area contributed by atoms with Crippen molar-refractivity contribution in [2.24, 2.45) is 0 Å². The molecule has 0 spiro atoms. The predicted octanol–water partition coefficient (Wildman–Crippen LogP) is 5.07. The van der Waals surface area contributed by atoms with Gasteiger partial charge in [0.15, 0.2) is 5.78 Å². The van der Waals surface area contributed by atoms with Gasteiger partial charge in [0.25, 0.3) is 0 Å². The second kappa shape index (κ2) is 7.03. The molecule has 0 aliphatic carbocycles. The number of halogens is 1. The maximum atomic E-state index is 13.2. The van der Waals surface area contributed by atoms with E-state index in [0.717, 1.165) is 5.69 Å². The van der Waals surface area contributed by atoms with Crippen LogP contribution in [0.3, 0.4) is 0 Å². The number of anilines is 1. The lowest BCUT2D eigenvalue weighted by molar-refractivity contribution is 0.104. The second-order valence-electron chi connectivity index (χ2n) is 5.58. The van der Waals surface area contributed by atoms with Crippen molar-refractivity contribution in [2.75, 3.05) is 5.32 Å². The fourth-order valence-corrected chi connectivity index (χ4v) is 2.08. The Kier molecular flexibility index (Phi) is 5.10. The van der Waals surface area contributed by atoms with E-state index in [0.29, 0.717) is 17.0 Å². The molecule has 2 rings (SSSR count). The van der Waals surface area contributed by atoms with Crippen LogP contribution in [0.4, 0.5) is 10.1 Å². The van der Waals surface area contributed by atoms with Crippen molar-refractivity contribution >= 4 is 11.5 Å². The van der Waals surface area contributed by atoms with Gasteiger partial charge in [0, 0.05) is 23.5 Å². The molecule has 0 saturated heterocycles. The lowest BCUT2D eigenvalue weighted by Crippen LogP contribution is -1.97. The number of aryl methyl sites for hydroxylation is 1. The summed E-state index contributed by atoms with van der Waals surface area (Å²) >= 11 is 0. The zero-order chi connectivity index (χ0) is 16.1.